The summed E-state index contributed by atoms with van der Waals surface area (Å²) in [7, 11) is -4.64. The second kappa shape index (κ2) is 5.39. The van der Waals surface area contributed by atoms with Gasteiger partial charge in [-0.25, -0.2) is 4.57 Å². The average molecular weight is 222 g/mol. The first-order chi connectivity index (χ1) is 5.48. The second-order valence-electron chi connectivity index (χ2n) is 1.98. The molecule has 0 saturated heterocycles. The number of halogens is 3. The van der Waals surface area contributed by atoms with Crippen LogP contribution in [-0.4, -0.2) is 20.9 Å². The zero-order valence-electron chi connectivity index (χ0n) is 6.91. The fraction of sp³-hybridized carbons (Fsp3) is 0.600. The summed E-state index contributed by atoms with van der Waals surface area (Å²) in [6.45, 7) is 2.41. The highest BCUT2D eigenvalue weighted by atomic mass is 31.2. The van der Waals surface area contributed by atoms with Crippen LogP contribution in [0.25, 0.3) is 0 Å². The highest BCUT2D eigenvalue weighted by Gasteiger charge is 2.28. The third-order valence-electron chi connectivity index (χ3n) is 0.880. The van der Waals surface area contributed by atoms with E-state index in [1.54, 1.807) is 0 Å². The number of rotatable bonds is 0. The quantitative estimate of drug-likeness (QED) is 0.429. The van der Waals surface area contributed by atoms with Crippen LogP contribution in [0.1, 0.15) is 13.8 Å². The molecule has 0 amide bonds. The third kappa shape index (κ3) is 18.5. The Kier molecular flexibility index (Phi) is 6.27. The zero-order valence-corrected chi connectivity index (χ0v) is 7.80. The van der Waals surface area contributed by atoms with Gasteiger partial charge in [0.05, 0.1) is 0 Å². The first-order valence-corrected chi connectivity index (χ1v) is 4.53. The highest BCUT2D eigenvalue weighted by molar-refractivity contribution is 7.45. The van der Waals surface area contributed by atoms with Crippen molar-refractivity contribution in [3.63, 3.8) is 0 Å². The molecule has 0 aromatic heterocycles. The molecule has 13 heavy (non-hydrogen) atoms. The Hall–Kier alpha value is -0.360. The topological polar surface area (TPSA) is 77.8 Å². The largest absolute Gasteiger partial charge is 0.466 e. The summed E-state index contributed by atoms with van der Waals surface area (Å²) >= 11 is 0. The Morgan fingerprint density at radius 1 is 1.31 bits per heavy atom. The van der Waals surface area contributed by atoms with Gasteiger partial charge in [0.15, 0.2) is 0 Å². The van der Waals surface area contributed by atoms with Crippen LogP contribution in [0, 0.1) is 0 Å². The number of hydrogen-bond donors (Lipinski definition) is 3. The molecule has 0 heterocycles. The van der Waals surface area contributed by atoms with Gasteiger partial charge in [0.2, 0.25) is 0 Å². The minimum absolute atomic E-state index is 0.544. The minimum atomic E-state index is -4.64. The van der Waals surface area contributed by atoms with Gasteiger partial charge in [0.25, 0.3) is 0 Å². The van der Waals surface area contributed by atoms with Crippen LogP contribution in [0.4, 0.5) is 13.2 Å². The van der Waals surface area contributed by atoms with Crippen molar-refractivity contribution in [2.24, 2.45) is 0 Å². The van der Waals surface area contributed by atoms with Crippen LogP contribution >= 0.6 is 7.82 Å². The maximum atomic E-state index is 11.4. The predicted molar refractivity (Wildman–Crippen MR) is 39.7 cm³/mol. The summed E-state index contributed by atoms with van der Waals surface area (Å²) in [5.74, 6) is 0. The van der Waals surface area contributed by atoms with Gasteiger partial charge >= 0.3 is 14.0 Å². The Morgan fingerprint density at radius 3 is 1.54 bits per heavy atom. The van der Waals surface area contributed by atoms with Crippen molar-refractivity contribution >= 4 is 7.82 Å². The van der Waals surface area contributed by atoms with E-state index in [2.05, 4.69) is 0 Å². The SMILES string of the molecule is C/C=C(\C)C(F)(F)F.O=P(O)(O)O. The number of hydrogen-bond acceptors (Lipinski definition) is 1. The number of alkyl halides is 3. The maximum absolute atomic E-state index is 11.4. The molecule has 0 bridgehead atoms. The van der Waals surface area contributed by atoms with Gasteiger partial charge in [-0.15, -0.1) is 0 Å². The standard InChI is InChI=1S/C5H7F3.H3O4P/c1-3-4(2)5(6,7)8;1-5(2,3)4/h3H,1-2H3;(H3,1,2,3,4)/b4-3+;. The van der Waals surface area contributed by atoms with Crippen LogP contribution in [-0.2, 0) is 4.57 Å². The Bertz CT molecular complexity index is 208. The van der Waals surface area contributed by atoms with Gasteiger partial charge in [-0.3, -0.25) is 0 Å². The van der Waals surface area contributed by atoms with Crippen molar-refractivity contribution in [2.45, 2.75) is 20.0 Å². The van der Waals surface area contributed by atoms with Gasteiger partial charge in [-0.05, 0) is 13.8 Å². The molecule has 0 aliphatic rings. The lowest BCUT2D eigenvalue weighted by Gasteiger charge is -2.03. The van der Waals surface area contributed by atoms with Gasteiger partial charge < -0.3 is 14.7 Å². The van der Waals surface area contributed by atoms with E-state index >= 15 is 0 Å². The van der Waals surface area contributed by atoms with Crippen molar-refractivity contribution < 1.29 is 32.4 Å². The predicted octanol–water partition coefficient (Wildman–Crippen LogP) is 1.59. The smallest absolute Gasteiger partial charge is 0.303 e. The van der Waals surface area contributed by atoms with Crippen LogP contribution in [0.15, 0.2) is 11.6 Å². The van der Waals surface area contributed by atoms with E-state index in [9.17, 15) is 13.2 Å². The van der Waals surface area contributed by atoms with Gasteiger partial charge in [-0.2, -0.15) is 13.2 Å². The molecule has 0 aromatic carbocycles. The normalized spacial score (nSPS) is 13.4. The van der Waals surface area contributed by atoms with Crippen molar-refractivity contribution in [1.82, 2.24) is 0 Å². The summed E-state index contributed by atoms with van der Waals surface area (Å²) in [6, 6.07) is 0. The first kappa shape index (κ1) is 15.1. The number of phosphoric acid groups is 1. The van der Waals surface area contributed by atoms with E-state index in [1.165, 1.54) is 6.92 Å². The molecule has 0 aliphatic heterocycles. The molecule has 80 valence electrons. The maximum Gasteiger partial charge on any atom is 0.466 e. The van der Waals surface area contributed by atoms with Crippen molar-refractivity contribution in [1.29, 1.82) is 0 Å². The zero-order chi connectivity index (χ0) is 11.3. The average Bonchev–Trinajstić information content (AvgIpc) is 1.80. The molecule has 4 nitrogen and oxygen atoms in total. The molecule has 0 fully saturated rings. The minimum Gasteiger partial charge on any atom is -0.303 e. The summed E-state index contributed by atoms with van der Waals surface area (Å²) < 4.78 is 43.0. The van der Waals surface area contributed by atoms with E-state index in [0.29, 0.717) is 0 Å². The molecule has 0 rings (SSSR count). The Balaban J connectivity index is 0. The molecule has 0 aromatic rings. The lowest BCUT2D eigenvalue weighted by atomic mass is 10.3. The van der Waals surface area contributed by atoms with Gasteiger partial charge in [0.1, 0.15) is 0 Å². The molecule has 0 radical (unpaired) electrons. The van der Waals surface area contributed by atoms with E-state index in [1.807, 2.05) is 0 Å². The van der Waals surface area contributed by atoms with Crippen molar-refractivity contribution in [2.75, 3.05) is 0 Å². The van der Waals surface area contributed by atoms with Crippen LogP contribution in [0.5, 0.6) is 0 Å². The molecule has 0 saturated carbocycles. The van der Waals surface area contributed by atoms with E-state index in [0.717, 1.165) is 13.0 Å². The van der Waals surface area contributed by atoms with E-state index < -0.39 is 19.6 Å². The molecule has 0 unspecified atom stereocenters. The summed E-state index contributed by atoms with van der Waals surface area (Å²) in [5, 5.41) is 0. The molecule has 0 aliphatic carbocycles. The van der Waals surface area contributed by atoms with E-state index in [-0.39, 0.29) is 0 Å². The van der Waals surface area contributed by atoms with Crippen molar-refractivity contribution in [3.8, 4) is 0 Å². The molecule has 3 N–H and O–H groups in total. The van der Waals surface area contributed by atoms with E-state index in [4.69, 9.17) is 19.2 Å². The first-order valence-electron chi connectivity index (χ1n) is 2.97. The third-order valence-corrected chi connectivity index (χ3v) is 0.880. The highest BCUT2D eigenvalue weighted by Crippen LogP contribution is 2.25. The fourth-order valence-corrected chi connectivity index (χ4v) is 0.164. The lowest BCUT2D eigenvalue weighted by Crippen LogP contribution is -2.07. The Labute approximate surface area is 72.9 Å². The fourth-order valence-electron chi connectivity index (χ4n) is 0.164. The molecule has 0 spiro atoms. The lowest BCUT2D eigenvalue weighted by molar-refractivity contribution is -0.0914. The molecule has 8 heteroatoms. The molecular formula is C5H10F3O4P. The van der Waals surface area contributed by atoms with Gasteiger partial charge in [-0.1, -0.05) is 6.08 Å². The monoisotopic (exact) mass is 222 g/mol. The van der Waals surface area contributed by atoms with Crippen LogP contribution in [0.2, 0.25) is 0 Å². The number of allylic oxidation sites excluding steroid dienone is 2. The summed E-state index contributed by atoms with van der Waals surface area (Å²) in [4.78, 5) is 21.6. The molecular weight excluding hydrogens is 212 g/mol. The Morgan fingerprint density at radius 2 is 1.54 bits per heavy atom. The second-order valence-corrected chi connectivity index (χ2v) is 3.01. The van der Waals surface area contributed by atoms with Crippen molar-refractivity contribution in [3.05, 3.63) is 11.6 Å². The summed E-state index contributed by atoms with van der Waals surface area (Å²) in [5.41, 5.74) is -0.544. The molecule has 0 atom stereocenters. The van der Waals surface area contributed by atoms with Gasteiger partial charge in [0, 0.05) is 5.57 Å². The van der Waals surface area contributed by atoms with Crippen LogP contribution < -0.4 is 0 Å². The van der Waals surface area contributed by atoms with Crippen LogP contribution in [0.3, 0.4) is 0 Å². The summed E-state index contributed by atoms with van der Waals surface area (Å²) in [6.07, 6.45) is -3.09.